The summed E-state index contributed by atoms with van der Waals surface area (Å²) in [5.41, 5.74) is -0.558. The van der Waals surface area contributed by atoms with Crippen molar-refractivity contribution in [3.8, 4) is 0 Å². The summed E-state index contributed by atoms with van der Waals surface area (Å²) in [6.07, 6.45) is 17.2. The highest BCUT2D eigenvalue weighted by atomic mass is 16.6. The van der Waals surface area contributed by atoms with Crippen molar-refractivity contribution in [2.45, 2.75) is 134 Å². The van der Waals surface area contributed by atoms with Crippen molar-refractivity contribution in [3.63, 3.8) is 0 Å². The van der Waals surface area contributed by atoms with Gasteiger partial charge in [0, 0.05) is 18.1 Å². The zero-order valence-corrected chi connectivity index (χ0v) is 19.4. The predicted molar refractivity (Wildman–Crippen MR) is 120 cm³/mol. The summed E-state index contributed by atoms with van der Waals surface area (Å²) in [4.78, 5) is 22.6. The molecule has 2 atom stereocenters. The molecule has 3 saturated carbocycles. The molecule has 174 valence electrons. The summed E-state index contributed by atoms with van der Waals surface area (Å²) in [6, 6.07) is 1.43. The Bertz CT molecular complexity index is 504. The standard InChI is InChI=1S/C12H21NO4.C12H23N/c1-12(2,3)17-11(16)13-9-7-5-4-6-8(9)10(14)15;1-3-7-11(8-4-1)13-12-9-5-2-6-10-12/h8-9H,4-7H2,1-3H3,(H,13,16)(H,14,15);11-13H,1-10H2/t8-,9+;/m1./s1. The highest BCUT2D eigenvalue weighted by Gasteiger charge is 2.32. The van der Waals surface area contributed by atoms with Crippen molar-refractivity contribution in [2.75, 3.05) is 0 Å². The van der Waals surface area contributed by atoms with Gasteiger partial charge in [-0.2, -0.15) is 0 Å². The van der Waals surface area contributed by atoms with Crippen LogP contribution in [0, 0.1) is 5.92 Å². The van der Waals surface area contributed by atoms with Gasteiger partial charge < -0.3 is 20.5 Å². The Balaban J connectivity index is 0.000000220. The van der Waals surface area contributed by atoms with Gasteiger partial charge in [0.05, 0.1) is 5.92 Å². The first-order chi connectivity index (χ1) is 14.2. The van der Waals surface area contributed by atoms with Gasteiger partial charge in [-0.15, -0.1) is 0 Å². The lowest BCUT2D eigenvalue weighted by molar-refractivity contribution is -0.143. The number of aliphatic carboxylic acids is 1. The van der Waals surface area contributed by atoms with Gasteiger partial charge >= 0.3 is 12.1 Å². The minimum Gasteiger partial charge on any atom is -0.481 e. The number of carboxylic acids is 1. The van der Waals surface area contributed by atoms with E-state index in [1.165, 1.54) is 64.2 Å². The molecule has 0 aromatic rings. The van der Waals surface area contributed by atoms with E-state index in [0.29, 0.717) is 12.8 Å². The second-order valence-electron chi connectivity index (χ2n) is 10.3. The third-order valence-corrected chi connectivity index (χ3v) is 6.47. The van der Waals surface area contributed by atoms with Crippen LogP contribution in [0.25, 0.3) is 0 Å². The molecule has 0 heterocycles. The van der Waals surface area contributed by atoms with Crippen molar-refractivity contribution in [3.05, 3.63) is 0 Å². The number of carboxylic acid groups (broad SMARTS) is 1. The zero-order chi connectivity index (χ0) is 22.0. The minimum absolute atomic E-state index is 0.309. The molecule has 0 aromatic carbocycles. The lowest BCUT2D eigenvalue weighted by atomic mass is 9.84. The molecular weight excluding hydrogens is 380 g/mol. The molecule has 3 aliphatic carbocycles. The first-order valence-electron chi connectivity index (χ1n) is 12.2. The van der Waals surface area contributed by atoms with E-state index in [9.17, 15) is 9.59 Å². The third-order valence-electron chi connectivity index (χ3n) is 6.47. The van der Waals surface area contributed by atoms with Crippen LogP contribution in [0.3, 0.4) is 0 Å². The molecule has 0 radical (unpaired) electrons. The number of alkyl carbamates (subject to hydrolysis) is 1. The van der Waals surface area contributed by atoms with Crippen LogP contribution in [0.1, 0.15) is 111 Å². The predicted octanol–water partition coefficient (Wildman–Crippen LogP) is 5.40. The summed E-state index contributed by atoms with van der Waals surface area (Å²) in [7, 11) is 0. The normalized spacial score (nSPS) is 26.2. The number of carbonyl (C=O) groups is 2. The van der Waals surface area contributed by atoms with Crippen molar-refractivity contribution in [2.24, 2.45) is 5.92 Å². The fraction of sp³-hybridized carbons (Fsp3) is 0.917. The summed E-state index contributed by atoms with van der Waals surface area (Å²) in [5, 5.41) is 15.6. The summed E-state index contributed by atoms with van der Waals surface area (Å²) in [5.74, 6) is -1.33. The van der Waals surface area contributed by atoms with Gasteiger partial charge in [0.25, 0.3) is 0 Å². The van der Waals surface area contributed by atoms with Gasteiger partial charge in [-0.3, -0.25) is 4.79 Å². The van der Waals surface area contributed by atoms with Gasteiger partial charge in [-0.05, 0) is 59.3 Å². The molecule has 6 heteroatoms. The van der Waals surface area contributed by atoms with Gasteiger partial charge in [0.2, 0.25) is 0 Å². The van der Waals surface area contributed by atoms with E-state index >= 15 is 0 Å². The van der Waals surface area contributed by atoms with Gasteiger partial charge in [-0.25, -0.2) is 4.79 Å². The SMILES string of the molecule is C1CCC(NC2CCCCC2)CC1.CC(C)(C)OC(=O)N[C@H]1CCCC[C@H]1C(=O)O. The van der Waals surface area contributed by atoms with E-state index in [0.717, 1.165) is 24.9 Å². The van der Waals surface area contributed by atoms with Crippen molar-refractivity contribution >= 4 is 12.1 Å². The molecule has 3 rings (SSSR count). The summed E-state index contributed by atoms with van der Waals surface area (Å²) >= 11 is 0. The number of amides is 1. The summed E-state index contributed by atoms with van der Waals surface area (Å²) < 4.78 is 5.13. The highest BCUT2D eigenvalue weighted by molar-refractivity contribution is 5.73. The van der Waals surface area contributed by atoms with Crippen LogP contribution in [0.4, 0.5) is 4.79 Å². The van der Waals surface area contributed by atoms with Crippen molar-refractivity contribution in [1.29, 1.82) is 0 Å². The number of hydrogen-bond donors (Lipinski definition) is 3. The second kappa shape index (κ2) is 12.5. The van der Waals surface area contributed by atoms with Gasteiger partial charge in [-0.1, -0.05) is 51.4 Å². The minimum atomic E-state index is -0.842. The van der Waals surface area contributed by atoms with E-state index in [1.54, 1.807) is 20.8 Å². The molecule has 0 bridgehead atoms. The lowest BCUT2D eigenvalue weighted by Crippen LogP contribution is -2.46. The molecule has 0 aliphatic heterocycles. The Morgan fingerprint density at radius 2 is 1.23 bits per heavy atom. The largest absolute Gasteiger partial charge is 0.481 e. The lowest BCUT2D eigenvalue weighted by Gasteiger charge is -2.30. The average molecular weight is 425 g/mol. The number of carbonyl (C=O) groups excluding carboxylic acids is 1. The smallest absolute Gasteiger partial charge is 0.407 e. The highest BCUT2D eigenvalue weighted by Crippen LogP contribution is 2.25. The maximum atomic E-state index is 11.6. The summed E-state index contributed by atoms with van der Waals surface area (Å²) in [6.45, 7) is 5.34. The molecular formula is C24H44N2O4. The van der Waals surface area contributed by atoms with Crippen LogP contribution in [0.15, 0.2) is 0 Å². The number of rotatable bonds is 4. The van der Waals surface area contributed by atoms with Crippen LogP contribution < -0.4 is 10.6 Å². The Morgan fingerprint density at radius 1 is 0.767 bits per heavy atom. The topological polar surface area (TPSA) is 87.7 Å². The van der Waals surface area contributed by atoms with Crippen LogP contribution >= 0.6 is 0 Å². The monoisotopic (exact) mass is 424 g/mol. The number of ether oxygens (including phenoxy) is 1. The second-order valence-corrected chi connectivity index (χ2v) is 10.3. The van der Waals surface area contributed by atoms with Gasteiger partial charge in [0.1, 0.15) is 5.60 Å². The Labute approximate surface area is 182 Å². The number of hydrogen-bond acceptors (Lipinski definition) is 4. The van der Waals surface area contributed by atoms with Crippen molar-refractivity contribution < 1.29 is 19.4 Å². The van der Waals surface area contributed by atoms with E-state index in [4.69, 9.17) is 9.84 Å². The van der Waals surface area contributed by atoms with E-state index < -0.39 is 23.6 Å². The zero-order valence-electron chi connectivity index (χ0n) is 19.4. The molecule has 3 aliphatic rings. The maximum absolute atomic E-state index is 11.6. The fourth-order valence-electron chi connectivity index (χ4n) is 4.93. The molecule has 1 amide bonds. The van der Waals surface area contributed by atoms with Crippen LogP contribution in [-0.2, 0) is 9.53 Å². The molecule has 3 N–H and O–H groups in total. The van der Waals surface area contributed by atoms with Crippen LogP contribution in [-0.4, -0.2) is 40.9 Å². The molecule has 0 saturated heterocycles. The Hall–Kier alpha value is -1.30. The molecule has 0 aromatic heterocycles. The van der Waals surface area contributed by atoms with Crippen molar-refractivity contribution in [1.82, 2.24) is 10.6 Å². The van der Waals surface area contributed by atoms with E-state index in [-0.39, 0.29) is 6.04 Å². The fourth-order valence-corrected chi connectivity index (χ4v) is 4.93. The molecule has 0 spiro atoms. The third kappa shape index (κ3) is 9.67. The average Bonchev–Trinajstić information content (AvgIpc) is 2.69. The van der Waals surface area contributed by atoms with Gasteiger partial charge in [0.15, 0.2) is 0 Å². The quantitative estimate of drug-likeness (QED) is 0.563. The Kier molecular flexibility index (Phi) is 10.4. The first-order valence-corrected chi connectivity index (χ1v) is 12.2. The Morgan fingerprint density at radius 3 is 1.70 bits per heavy atom. The molecule has 3 fully saturated rings. The molecule has 0 unspecified atom stereocenters. The molecule has 6 nitrogen and oxygen atoms in total. The number of nitrogens with one attached hydrogen (secondary N) is 2. The van der Waals surface area contributed by atoms with Crippen LogP contribution in [0.5, 0.6) is 0 Å². The van der Waals surface area contributed by atoms with E-state index in [2.05, 4.69) is 10.6 Å². The maximum Gasteiger partial charge on any atom is 0.407 e. The van der Waals surface area contributed by atoms with E-state index in [1.807, 2.05) is 0 Å². The first kappa shape index (κ1) is 25.0. The van der Waals surface area contributed by atoms with Crippen LogP contribution in [0.2, 0.25) is 0 Å². The molecule has 30 heavy (non-hydrogen) atoms.